The first-order valence-corrected chi connectivity index (χ1v) is 12.2. The summed E-state index contributed by atoms with van der Waals surface area (Å²) in [6.45, 7) is 11.6. The molecule has 0 aliphatic carbocycles. The van der Waals surface area contributed by atoms with E-state index >= 15 is 0 Å². The van der Waals surface area contributed by atoms with E-state index in [9.17, 15) is 4.79 Å². The summed E-state index contributed by atoms with van der Waals surface area (Å²) in [6.07, 6.45) is 3.19. The Morgan fingerprint density at radius 2 is 1.94 bits per heavy atom. The normalized spacial score (nSPS) is 18.2. The Morgan fingerprint density at radius 1 is 1.18 bits per heavy atom. The van der Waals surface area contributed by atoms with Crippen molar-refractivity contribution in [2.24, 2.45) is 5.92 Å². The van der Waals surface area contributed by atoms with Crippen molar-refractivity contribution >= 4 is 16.9 Å². The second kappa shape index (κ2) is 10.6. The van der Waals surface area contributed by atoms with Crippen LogP contribution in [0.15, 0.2) is 42.6 Å². The molecule has 2 aromatic carbocycles. The van der Waals surface area contributed by atoms with Crippen LogP contribution in [0.5, 0.6) is 5.75 Å². The first kappa shape index (κ1) is 24.3. The monoisotopic (exact) mass is 463 g/mol. The van der Waals surface area contributed by atoms with E-state index in [2.05, 4.69) is 59.8 Å². The highest BCUT2D eigenvalue weighted by Crippen LogP contribution is 2.35. The number of aryl methyl sites for hydroxylation is 1. The van der Waals surface area contributed by atoms with Gasteiger partial charge in [0.2, 0.25) is 0 Å². The number of rotatable bonds is 8. The molecule has 4 rings (SSSR count). The number of fused-ring (bicyclic) bond motifs is 1. The molecule has 1 fully saturated rings. The number of hydrogen-bond donors (Lipinski definition) is 1. The number of piperazine rings is 1. The zero-order chi connectivity index (χ0) is 24.2. The van der Waals surface area contributed by atoms with Gasteiger partial charge in [-0.15, -0.1) is 0 Å². The van der Waals surface area contributed by atoms with Crippen LogP contribution >= 0.6 is 0 Å². The smallest absolute Gasteiger partial charge is 0.337 e. The van der Waals surface area contributed by atoms with Crippen molar-refractivity contribution in [2.75, 3.05) is 40.4 Å². The summed E-state index contributed by atoms with van der Waals surface area (Å²) >= 11 is 0. The highest BCUT2D eigenvalue weighted by atomic mass is 16.5. The number of carbonyl (C=O) groups is 1. The minimum absolute atomic E-state index is 0.226. The van der Waals surface area contributed by atoms with Crippen molar-refractivity contribution in [3.63, 3.8) is 0 Å². The van der Waals surface area contributed by atoms with Crippen molar-refractivity contribution in [3.05, 3.63) is 64.8 Å². The third-order valence-electron chi connectivity index (χ3n) is 7.25. The molecule has 6 heteroatoms. The molecule has 1 saturated heterocycles. The summed E-state index contributed by atoms with van der Waals surface area (Å²) in [6, 6.07) is 12.4. The molecule has 34 heavy (non-hydrogen) atoms. The topological polar surface area (TPSA) is 57.8 Å². The molecule has 0 bridgehead atoms. The van der Waals surface area contributed by atoms with Crippen LogP contribution in [0.25, 0.3) is 10.9 Å². The fourth-order valence-electron chi connectivity index (χ4n) is 5.06. The molecular formula is C28H37N3O3. The van der Waals surface area contributed by atoms with Gasteiger partial charge in [0.1, 0.15) is 5.75 Å². The molecular weight excluding hydrogens is 426 g/mol. The van der Waals surface area contributed by atoms with E-state index in [-0.39, 0.29) is 12.0 Å². The molecule has 3 aromatic rings. The van der Waals surface area contributed by atoms with Gasteiger partial charge in [-0.05, 0) is 48.2 Å². The Morgan fingerprint density at radius 3 is 2.62 bits per heavy atom. The summed E-state index contributed by atoms with van der Waals surface area (Å²) < 4.78 is 10.7. The second-order valence-corrected chi connectivity index (χ2v) is 9.51. The van der Waals surface area contributed by atoms with Gasteiger partial charge < -0.3 is 14.5 Å². The van der Waals surface area contributed by atoms with Crippen molar-refractivity contribution in [2.45, 2.75) is 39.8 Å². The van der Waals surface area contributed by atoms with Crippen LogP contribution in [0.1, 0.15) is 53.4 Å². The summed E-state index contributed by atoms with van der Waals surface area (Å²) in [4.78, 5) is 20.5. The lowest BCUT2D eigenvalue weighted by Crippen LogP contribution is -2.49. The summed E-state index contributed by atoms with van der Waals surface area (Å²) in [7, 11) is 3.17. The molecule has 182 valence electrons. The second-order valence-electron chi connectivity index (χ2n) is 9.51. The number of nitrogens with zero attached hydrogens (tertiary/aromatic N) is 2. The number of nitrogens with one attached hydrogen (secondary N) is 1. The number of aromatic nitrogens is 1. The van der Waals surface area contributed by atoms with Gasteiger partial charge in [0.25, 0.3) is 0 Å². The van der Waals surface area contributed by atoms with E-state index in [1.807, 2.05) is 18.3 Å². The van der Waals surface area contributed by atoms with Crippen LogP contribution < -0.4 is 4.74 Å². The Balaban J connectivity index is 1.66. The maximum Gasteiger partial charge on any atom is 0.337 e. The highest BCUT2D eigenvalue weighted by molar-refractivity contribution is 5.89. The SMILES string of the molecule is CCC(C)CN1CCN(Cc2c(OC)cc(C)c3[nH]ccc23)C(c2ccc(C(=O)OC)cc2)C1. The highest BCUT2D eigenvalue weighted by Gasteiger charge is 2.30. The molecule has 1 aliphatic heterocycles. The van der Waals surface area contributed by atoms with Gasteiger partial charge in [0.15, 0.2) is 0 Å². The minimum atomic E-state index is -0.301. The average Bonchev–Trinajstić information content (AvgIpc) is 3.36. The van der Waals surface area contributed by atoms with Gasteiger partial charge in [0.05, 0.1) is 19.8 Å². The zero-order valence-corrected chi connectivity index (χ0v) is 21.1. The zero-order valence-electron chi connectivity index (χ0n) is 21.1. The molecule has 2 atom stereocenters. The molecule has 1 aromatic heterocycles. The van der Waals surface area contributed by atoms with E-state index in [0.29, 0.717) is 11.5 Å². The standard InChI is InChI=1S/C28H37N3O3/c1-6-19(2)16-30-13-14-31(25(18-30)21-7-9-22(10-8-21)28(32)34-5)17-24-23-11-12-29-27(23)20(3)15-26(24)33-4/h7-12,15,19,25,29H,6,13-14,16-18H2,1-5H3. The Labute approximate surface area is 202 Å². The number of ether oxygens (including phenoxy) is 2. The number of esters is 1. The van der Waals surface area contributed by atoms with E-state index in [4.69, 9.17) is 9.47 Å². The van der Waals surface area contributed by atoms with Crippen molar-refractivity contribution in [1.29, 1.82) is 0 Å². The van der Waals surface area contributed by atoms with Crippen LogP contribution in [-0.2, 0) is 11.3 Å². The lowest BCUT2D eigenvalue weighted by Gasteiger charge is -2.42. The largest absolute Gasteiger partial charge is 0.496 e. The van der Waals surface area contributed by atoms with Crippen molar-refractivity contribution in [1.82, 2.24) is 14.8 Å². The maximum absolute atomic E-state index is 12.0. The summed E-state index contributed by atoms with van der Waals surface area (Å²) in [5.74, 6) is 1.31. The molecule has 0 amide bonds. The number of H-pyrrole nitrogens is 1. The van der Waals surface area contributed by atoms with Gasteiger partial charge >= 0.3 is 5.97 Å². The first-order valence-electron chi connectivity index (χ1n) is 12.2. The lowest BCUT2D eigenvalue weighted by atomic mass is 9.97. The third-order valence-corrected chi connectivity index (χ3v) is 7.25. The lowest BCUT2D eigenvalue weighted by molar-refractivity contribution is 0.0588. The quantitative estimate of drug-likeness (QED) is 0.467. The molecule has 0 saturated carbocycles. The Bertz CT molecular complexity index is 1120. The first-order chi connectivity index (χ1) is 16.4. The number of benzene rings is 2. The number of aromatic amines is 1. The number of methoxy groups -OCH3 is 2. The van der Waals surface area contributed by atoms with Crippen molar-refractivity contribution < 1.29 is 14.3 Å². The van der Waals surface area contributed by atoms with E-state index in [0.717, 1.165) is 38.5 Å². The van der Waals surface area contributed by atoms with Crippen LogP contribution in [0.4, 0.5) is 0 Å². The molecule has 1 aliphatic rings. The average molecular weight is 464 g/mol. The van der Waals surface area contributed by atoms with Gasteiger partial charge in [-0.25, -0.2) is 4.79 Å². The predicted molar refractivity (Wildman–Crippen MR) is 136 cm³/mol. The van der Waals surface area contributed by atoms with Crippen LogP contribution in [0.2, 0.25) is 0 Å². The molecule has 2 unspecified atom stereocenters. The molecule has 0 spiro atoms. The summed E-state index contributed by atoms with van der Waals surface area (Å²) in [5.41, 5.74) is 5.38. The molecule has 1 N–H and O–H groups in total. The van der Waals surface area contributed by atoms with E-state index in [1.165, 1.54) is 41.1 Å². The minimum Gasteiger partial charge on any atom is -0.496 e. The number of carbonyl (C=O) groups excluding carboxylic acids is 1. The van der Waals surface area contributed by atoms with Gasteiger partial charge in [-0.3, -0.25) is 9.80 Å². The summed E-state index contributed by atoms with van der Waals surface area (Å²) in [5, 5.41) is 1.22. The molecule has 0 radical (unpaired) electrons. The van der Waals surface area contributed by atoms with Crippen LogP contribution in [-0.4, -0.2) is 61.2 Å². The molecule has 6 nitrogen and oxygen atoms in total. The van der Waals surface area contributed by atoms with Crippen molar-refractivity contribution in [3.8, 4) is 5.75 Å². The molecule has 2 heterocycles. The van der Waals surface area contributed by atoms with Gasteiger partial charge in [-0.1, -0.05) is 32.4 Å². The van der Waals surface area contributed by atoms with E-state index in [1.54, 1.807) is 7.11 Å². The van der Waals surface area contributed by atoms with Crippen LogP contribution in [0, 0.1) is 12.8 Å². The fourth-order valence-corrected chi connectivity index (χ4v) is 5.06. The maximum atomic E-state index is 12.0. The number of hydrogen-bond acceptors (Lipinski definition) is 5. The van der Waals surface area contributed by atoms with Gasteiger partial charge in [-0.2, -0.15) is 0 Å². The van der Waals surface area contributed by atoms with Gasteiger partial charge in [0, 0.05) is 61.4 Å². The predicted octanol–water partition coefficient (Wildman–Crippen LogP) is 5.18. The van der Waals surface area contributed by atoms with E-state index < -0.39 is 0 Å². The van der Waals surface area contributed by atoms with Crippen LogP contribution in [0.3, 0.4) is 0 Å². The Kier molecular flexibility index (Phi) is 7.59. The Hall–Kier alpha value is -2.83. The fraction of sp³-hybridized carbons (Fsp3) is 0.464. The third kappa shape index (κ3) is 4.98.